The molecule has 96 heavy (non-hydrogen) atoms. The van der Waals surface area contributed by atoms with Crippen LogP contribution in [-0.4, -0.2) is 22.8 Å². The first-order valence-electron chi connectivity index (χ1n) is 31.3. The van der Waals surface area contributed by atoms with E-state index < -0.39 is 31.7 Å². The Morgan fingerprint density at radius 3 is 0.771 bits per heavy atom. The largest absolute Gasteiger partial charge is 1.00 e. The van der Waals surface area contributed by atoms with E-state index in [-0.39, 0.29) is 89.5 Å². The zero-order chi connectivity index (χ0) is 63.3. The topological polar surface area (TPSA) is 4.93 Å². The van der Waals surface area contributed by atoms with Crippen molar-refractivity contribution < 1.29 is 89.5 Å². The van der Waals surface area contributed by atoms with Gasteiger partial charge in [-0.05, 0) is 127 Å². The molecule has 0 radical (unpaired) electrons. The van der Waals surface area contributed by atoms with Crippen molar-refractivity contribution in [2.75, 3.05) is 18.2 Å². The van der Waals surface area contributed by atoms with Crippen LogP contribution in [0.2, 0.25) is 0 Å². The quantitative estimate of drug-likeness (QED) is 0.0317. The summed E-state index contributed by atoms with van der Waals surface area (Å²) in [5.74, 6) is 10.9. The van der Waals surface area contributed by atoms with Crippen molar-refractivity contribution >= 4 is 95.9 Å². The molecule has 0 atom stereocenters. The summed E-state index contributed by atoms with van der Waals surface area (Å²) in [5.41, 5.74) is 10.3. The van der Waals surface area contributed by atoms with Crippen molar-refractivity contribution in [2.24, 2.45) is 7.05 Å². The Kier molecular flexibility index (Phi) is 31.7. The van der Waals surface area contributed by atoms with Gasteiger partial charge in [-0.2, -0.15) is 0 Å². The predicted octanol–water partition coefficient (Wildman–Crippen LogP) is 16.5. The second-order valence-electron chi connectivity index (χ2n) is 22.7. The van der Waals surface area contributed by atoms with Crippen LogP contribution in [0.5, 0.6) is 0 Å². The summed E-state index contributed by atoms with van der Waals surface area (Å²) in [5, 5.41) is 14.5. The molecule has 14 rings (SSSR count). The molecule has 1 nitrogen and oxygen atoms in total. The number of hydrogen-bond acceptors (Lipinski definition) is 0. The molecule has 0 spiro atoms. The van der Waals surface area contributed by atoms with Crippen molar-refractivity contribution in [1.82, 2.24) is 4.57 Å². The molecule has 1 aromatic heterocycles. The molecule has 13 aromatic rings. The van der Waals surface area contributed by atoms with Crippen molar-refractivity contribution in [2.45, 2.75) is 19.3 Å². The molecule has 484 valence electrons. The van der Waals surface area contributed by atoms with Gasteiger partial charge in [-0.1, -0.05) is 181 Å². The van der Waals surface area contributed by atoms with E-state index in [0.717, 1.165) is 50.5 Å². The van der Waals surface area contributed by atoms with E-state index in [9.17, 15) is 0 Å². The minimum absolute atomic E-state index is 0. The van der Waals surface area contributed by atoms with Gasteiger partial charge in [0.25, 0.3) is 0 Å². The van der Waals surface area contributed by atoms with Crippen molar-refractivity contribution in [1.29, 1.82) is 0 Å². The van der Waals surface area contributed by atoms with Gasteiger partial charge < -0.3 is 30.3 Å². The molecular weight excluding hydrogens is 1970 g/mol. The molecule has 9 heteroatoms. The smallest absolute Gasteiger partial charge is 0.366 e. The Labute approximate surface area is 637 Å². The van der Waals surface area contributed by atoms with E-state index in [2.05, 4.69) is 271 Å². The third-order valence-corrected chi connectivity index (χ3v) is 29.7. The number of nitrogens with zero attached hydrogens (tertiary/aromatic N) is 1. The van der Waals surface area contributed by atoms with E-state index in [1.54, 1.807) is 0 Å². The fourth-order valence-electron chi connectivity index (χ4n) is 12.3. The van der Waals surface area contributed by atoms with E-state index in [1.807, 2.05) is 79.8 Å². The number of unbranched alkanes of at least 4 members (excludes halogenated alkanes) is 1. The van der Waals surface area contributed by atoms with Crippen LogP contribution in [0.25, 0.3) is 32.9 Å². The van der Waals surface area contributed by atoms with Crippen LogP contribution in [0.3, 0.4) is 0 Å². The molecule has 1 aliphatic rings. The Bertz CT molecular complexity index is 4250. The van der Waals surface area contributed by atoms with Crippen molar-refractivity contribution in [3.63, 3.8) is 0 Å². The maximum atomic E-state index is 7.19. The zero-order valence-electron chi connectivity index (χ0n) is 52.9. The van der Waals surface area contributed by atoms with E-state index in [1.165, 1.54) is 95.8 Å². The van der Waals surface area contributed by atoms with Gasteiger partial charge in [-0.3, -0.25) is 23.7 Å². The Hall–Kier alpha value is -6.64. The molecule has 1 aliphatic carbocycles. The van der Waals surface area contributed by atoms with Gasteiger partial charge in [-0.25, -0.2) is 0 Å². The van der Waals surface area contributed by atoms with Gasteiger partial charge in [-0.15, -0.1) is 70.8 Å². The molecule has 0 unspecified atom stereocenters. The van der Waals surface area contributed by atoms with Gasteiger partial charge in [0.1, 0.15) is 37.1 Å². The fraction of sp³-hybridized carbons (Fsp3) is 0.0805. The molecular formula is C87H71Au4NP4+4. The number of hydrogen-bond donors (Lipinski definition) is 0. The van der Waals surface area contributed by atoms with E-state index in [0.29, 0.717) is 0 Å². The van der Waals surface area contributed by atoms with Crippen molar-refractivity contribution in [3.8, 4) is 34.8 Å². The fourth-order valence-corrected chi connectivity index (χ4v) is 25.4. The average Bonchev–Trinajstić information content (AvgIpc) is 1.61. The normalized spacial score (nSPS) is 10.5. The third kappa shape index (κ3) is 20.0. The molecule has 0 amide bonds. The van der Waals surface area contributed by atoms with Gasteiger partial charge in [0.2, 0.25) is 0 Å². The molecule has 0 N–H and O–H groups in total. The maximum Gasteiger partial charge on any atom is 1.00 e. The second kappa shape index (κ2) is 39.7. The first-order valence-corrected chi connectivity index (χ1v) is 38.1. The van der Waals surface area contributed by atoms with Crippen LogP contribution >= 0.6 is 31.7 Å². The molecule has 1 heterocycles. The first-order chi connectivity index (χ1) is 45.4. The van der Waals surface area contributed by atoms with Gasteiger partial charge in [0.15, 0.2) is 5.90 Å². The summed E-state index contributed by atoms with van der Waals surface area (Å²) in [7, 11) is -1.13. The number of aromatic nitrogens is 1. The van der Waals surface area contributed by atoms with E-state index >= 15 is 0 Å². The van der Waals surface area contributed by atoms with Crippen LogP contribution in [0.15, 0.2) is 315 Å². The maximum absolute atomic E-state index is 7.19. The number of aryl methyl sites for hydroxylation is 1. The van der Waals surface area contributed by atoms with Crippen LogP contribution in [0.4, 0.5) is 0 Å². The summed E-state index contributed by atoms with van der Waals surface area (Å²) in [6.07, 6.45) is 34.8. The summed E-state index contributed by atoms with van der Waals surface area (Å²) >= 11 is 0. The summed E-state index contributed by atoms with van der Waals surface area (Å²) in [4.78, 5) is 0. The number of fused-ring (bicyclic) bond motifs is 6. The molecule has 0 bridgehead atoms. The minimum atomic E-state index is -0.847. The van der Waals surface area contributed by atoms with Crippen LogP contribution in [0.1, 0.15) is 46.2 Å². The Morgan fingerprint density at radius 2 is 0.521 bits per heavy atom. The van der Waals surface area contributed by atoms with Crippen LogP contribution in [-0.2, 0) is 103 Å². The molecule has 12 aromatic carbocycles. The SMILES string of the molecule is [Au+].[Au+].[Au+].[Au+].[C-]#Cc1ccc2c(c1)Cc1cc(C#[C-])ccc1-2.[C-]#Cc1ccc2c3ccc(C#[C-])cc3n(C)c2c1.c1ccc([PH+](CCCC[PH+](c2ccccc2)c2ccccc2)c2ccccc2)cc1.c1ccc([PH+](C[PH+](c2ccccc2)c2ccccc2)c2ccccc2)cc1. The summed E-state index contributed by atoms with van der Waals surface area (Å²) in [6.45, 7) is 0. The third-order valence-electron chi connectivity index (χ3n) is 16.9. The molecule has 0 fully saturated rings. The molecule has 0 saturated heterocycles. The minimum Gasteiger partial charge on any atom is -0.366 e. The molecule has 0 saturated carbocycles. The number of rotatable bonds is 15. The van der Waals surface area contributed by atoms with Crippen LogP contribution < -0.4 is 42.4 Å². The number of benzene rings is 12. The zero-order valence-corrected chi connectivity index (χ0v) is 65.6. The monoisotopic (exact) mass is 2040 g/mol. The summed E-state index contributed by atoms with van der Waals surface area (Å²) in [6, 6.07) is 113. The Balaban J connectivity index is 0.000000183. The van der Waals surface area contributed by atoms with E-state index in [4.69, 9.17) is 25.7 Å². The average molecular weight is 2040 g/mol. The summed E-state index contributed by atoms with van der Waals surface area (Å²) < 4.78 is 2.08. The standard InChI is InChI=1S/C28H28P2.C25H22P2.C17H9N.C17H8.4Au/c1-5-15-25(16-6-1)29(26-17-7-2-8-18-26)23-13-14-24-30(27-19-9-3-10-20-27)28-21-11-4-12-22-28;1-5-13-22(14-6-1)26(23-15-7-2-8-16-23)21-27(24-17-9-3-10-18-24)25-19-11-4-12-20-25;1-4-12-6-8-14-15-9-7-13(5-2)11-17(15)18(3)16(14)10-12;1-3-12-5-7-16-14(9-12)11-15-10-13(4-2)6-8-17(15)16;;;;/h1-12,15-22H,13-14,23-24H2;1-20H,21H2;6-11H,3H3;5-10H,11H2;;;;/q;;2*-2;4*+1/p+4. The van der Waals surface area contributed by atoms with Crippen molar-refractivity contribution in [3.05, 3.63) is 375 Å². The Morgan fingerprint density at radius 1 is 0.292 bits per heavy atom. The van der Waals surface area contributed by atoms with Crippen LogP contribution in [0, 0.1) is 49.4 Å². The first kappa shape index (κ1) is 76.7. The van der Waals surface area contributed by atoms with Gasteiger partial charge in [0, 0.05) is 28.9 Å². The molecule has 0 aliphatic heterocycles. The van der Waals surface area contributed by atoms with Gasteiger partial charge >= 0.3 is 89.5 Å². The van der Waals surface area contributed by atoms with Gasteiger partial charge in [0.05, 0.1) is 49.4 Å². The predicted molar refractivity (Wildman–Crippen MR) is 406 cm³/mol. The second-order valence-corrected chi connectivity index (χ2v) is 33.5.